The fraction of sp³-hybridized carbons (Fsp3) is 0.733. The van der Waals surface area contributed by atoms with Crippen LogP contribution in [0, 0.1) is 0 Å². The number of aromatic amines is 1. The molecule has 4 unspecified atom stereocenters. The van der Waals surface area contributed by atoms with Crippen LogP contribution in [-0.4, -0.2) is 51.1 Å². The summed E-state index contributed by atoms with van der Waals surface area (Å²) in [6, 6.07) is 1.27. The number of H-pyrrole nitrogens is 1. The monoisotopic (exact) mass is 386 g/mol. The van der Waals surface area contributed by atoms with E-state index in [0.717, 1.165) is 0 Å². The van der Waals surface area contributed by atoms with Gasteiger partial charge in [0.2, 0.25) is 5.88 Å². The Balaban J connectivity index is 2.07. The highest BCUT2D eigenvalue weighted by Gasteiger charge is 2.52. The highest BCUT2D eigenvalue weighted by molar-refractivity contribution is 6.70. The Bertz CT molecular complexity index is 763. The maximum absolute atomic E-state index is 12.4. The van der Waals surface area contributed by atoms with Gasteiger partial charge in [0, 0.05) is 0 Å². The molecule has 0 amide bonds. The highest BCUT2D eigenvalue weighted by atomic mass is 28.4. The van der Waals surface area contributed by atoms with E-state index in [1.165, 1.54) is 10.6 Å². The zero-order valence-electron chi connectivity index (χ0n) is 15.5. The third kappa shape index (κ3) is 3.97. The van der Waals surface area contributed by atoms with Crippen molar-refractivity contribution in [1.82, 2.24) is 9.55 Å². The minimum atomic E-state index is -1.94. The third-order valence-electron chi connectivity index (χ3n) is 3.86. The van der Waals surface area contributed by atoms with E-state index in [0.29, 0.717) is 0 Å². The minimum Gasteiger partial charge on any atom is -0.476 e. The lowest BCUT2D eigenvalue weighted by Crippen LogP contribution is -2.50. The quantitative estimate of drug-likeness (QED) is 0.784. The van der Waals surface area contributed by atoms with Crippen LogP contribution in [0.2, 0.25) is 39.3 Å². The molecule has 0 aliphatic carbocycles. The molecule has 140 valence electrons. The zero-order chi connectivity index (χ0) is 18.6. The van der Waals surface area contributed by atoms with Crippen molar-refractivity contribution in [2.45, 2.75) is 63.8 Å². The Morgan fingerprint density at radius 2 is 1.68 bits per heavy atom. The normalized spacial score (nSPS) is 29.0. The Hall–Kier alpha value is -1.21. The smallest absolute Gasteiger partial charge is 0.333 e. The van der Waals surface area contributed by atoms with Crippen molar-refractivity contribution < 1.29 is 18.3 Å². The summed E-state index contributed by atoms with van der Waals surface area (Å²) in [6.07, 6.45) is -1.77. The van der Waals surface area contributed by atoms with Gasteiger partial charge in [0.25, 0.3) is 5.56 Å². The van der Waals surface area contributed by atoms with E-state index in [9.17, 15) is 9.59 Å². The number of ether oxygens (including phenoxy) is 2. The van der Waals surface area contributed by atoms with Crippen LogP contribution in [0.3, 0.4) is 0 Å². The van der Waals surface area contributed by atoms with Gasteiger partial charge in [-0.15, -0.1) is 0 Å². The van der Waals surface area contributed by atoms with Crippen LogP contribution >= 0.6 is 0 Å². The molecular formula is C15H26N2O6Si2. The van der Waals surface area contributed by atoms with E-state index in [4.69, 9.17) is 18.3 Å². The first-order valence-corrected chi connectivity index (χ1v) is 15.3. The van der Waals surface area contributed by atoms with Crippen molar-refractivity contribution in [2.75, 3.05) is 6.61 Å². The maximum Gasteiger partial charge on any atom is 0.333 e. The molecule has 1 aromatic heterocycles. The number of nitrogens with zero attached hydrogens (tertiary/aromatic N) is 1. The van der Waals surface area contributed by atoms with Crippen molar-refractivity contribution in [2.24, 2.45) is 0 Å². The second-order valence-electron chi connectivity index (χ2n) is 8.41. The van der Waals surface area contributed by atoms with Crippen molar-refractivity contribution in [3.63, 3.8) is 0 Å². The standard InChI is InChI=1S/C15H26N2O6Si2/c1-24(2,3)22-12-9-8-20-11-7-10(18)16-15(19)17(11)14(21-9)13(12)23-25(4,5)6/h7,9,12-14H,8H2,1-6H3,(H,16,18,19). The van der Waals surface area contributed by atoms with Crippen molar-refractivity contribution in [3.8, 4) is 5.88 Å². The van der Waals surface area contributed by atoms with Gasteiger partial charge < -0.3 is 18.3 Å². The van der Waals surface area contributed by atoms with Crippen molar-refractivity contribution in [3.05, 3.63) is 26.9 Å². The molecule has 0 spiro atoms. The molecule has 1 N–H and O–H groups in total. The molecular weight excluding hydrogens is 360 g/mol. The molecule has 25 heavy (non-hydrogen) atoms. The number of hydrogen-bond acceptors (Lipinski definition) is 6. The van der Waals surface area contributed by atoms with Gasteiger partial charge in [-0.2, -0.15) is 0 Å². The Kier molecular flexibility index (Phi) is 4.61. The first-order chi connectivity index (χ1) is 11.4. The van der Waals surface area contributed by atoms with Gasteiger partial charge in [0.05, 0.1) is 6.07 Å². The van der Waals surface area contributed by atoms with E-state index in [1.54, 1.807) is 0 Å². The molecule has 1 fully saturated rings. The summed E-state index contributed by atoms with van der Waals surface area (Å²) in [5, 5.41) is 0. The average Bonchev–Trinajstić information content (AvgIpc) is 2.62. The van der Waals surface area contributed by atoms with Gasteiger partial charge in [-0.05, 0) is 39.3 Å². The topological polar surface area (TPSA) is 91.8 Å². The van der Waals surface area contributed by atoms with Gasteiger partial charge in [-0.1, -0.05) is 0 Å². The predicted octanol–water partition coefficient (Wildman–Crippen LogP) is 1.27. The van der Waals surface area contributed by atoms with Crippen molar-refractivity contribution >= 4 is 16.6 Å². The average molecular weight is 387 g/mol. The van der Waals surface area contributed by atoms with Crippen LogP contribution in [0.4, 0.5) is 0 Å². The minimum absolute atomic E-state index is 0.205. The van der Waals surface area contributed by atoms with Crippen molar-refractivity contribution in [1.29, 1.82) is 0 Å². The summed E-state index contributed by atoms with van der Waals surface area (Å²) in [5.41, 5.74) is -1.06. The summed E-state index contributed by atoms with van der Waals surface area (Å²) in [5.74, 6) is 0.205. The van der Waals surface area contributed by atoms with Crippen LogP contribution in [-0.2, 0) is 13.6 Å². The molecule has 1 saturated heterocycles. The fourth-order valence-corrected chi connectivity index (χ4v) is 5.31. The van der Waals surface area contributed by atoms with Crippen LogP contribution in [0.25, 0.3) is 0 Å². The lowest BCUT2D eigenvalue weighted by atomic mass is 10.1. The van der Waals surface area contributed by atoms with Gasteiger partial charge in [0.1, 0.15) is 24.9 Å². The summed E-state index contributed by atoms with van der Waals surface area (Å²) < 4.78 is 25.8. The van der Waals surface area contributed by atoms with E-state index in [2.05, 4.69) is 44.3 Å². The van der Waals surface area contributed by atoms with Gasteiger partial charge >= 0.3 is 5.69 Å². The fourth-order valence-electron chi connectivity index (χ4n) is 3.14. The molecule has 0 radical (unpaired) electrons. The lowest BCUT2D eigenvalue weighted by Gasteiger charge is -2.35. The third-order valence-corrected chi connectivity index (χ3v) is 5.81. The zero-order valence-corrected chi connectivity index (χ0v) is 17.5. The summed E-state index contributed by atoms with van der Waals surface area (Å²) in [7, 11) is -3.81. The molecule has 4 atom stereocenters. The molecule has 3 rings (SSSR count). The summed E-state index contributed by atoms with van der Waals surface area (Å²) in [4.78, 5) is 26.3. The molecule has 0 aromatic carbocycles. The first kappa shape index (κ1) is 18.6. The van der Waals surface area contributed by atoms with Crippen LogP contribution in [0.15, 0.2) is 15.7 Å². The molecule has 8 nitrogen and oxygen atoms in total. The molecule has 2 aliphatic rings. The number of rotatable bonds is 4. The van der Waals surface area contributed by atoms with Gasteiger partial charge in [-0.3, -0.25) is 9.78 Å². The van der Waals surface area contributed by atoms with Gasteiger partial charge in [0.15, 0.2) is 22.9 Å². The van der Waals surface area contributed by atoms with Crippen LogP contribution in [0.1, 0.15) is 6.23 Å². The molecule has 2 bridgehead atoms. The largest absolute Gasteiger partial charge is 0.476 e. The molecule has 0 saturated carbocycles. The number of nitrogens with one attached hydrogen (secondary N) is 1. The predicted molar refractivity (Wildman–Crippen MR) is 97.2 cm³/mol. The summed E-state index contributed by atoms with van der Waals surface area (Å²) in [6.45, 7) is 12.8. The van der Waals surface area contributed by atoms with E-state index < -0.39 is 40.2 Å². The number of hydrogen-bond donors (Lipinski definition) is 1. The Morgan fingerprint density at radius 3 is 2.28 bits per heavy atom. The number of aromatic nitrogens is 2. The second kappa shape index (κ2) is 6.20. The SMILES string of the molecule is C[Si](C)(C)OC1C2COc3cc(=O)[nH]c(=O)n3C(O2)C1O[Si](C)(C)C. The summed E-state index contributed by atoms with van der Waals surface area (Å²) >= 11 is 0. The second-order valence-corrected chi connectivity index (χ2v) is 17.3. The molecule has 2 aliphatic heterocycles. The number of fused-ring (bicyclic) bond motifs is 4. The van der Waals surface area contributed by atoms with Crippen LogP contribution < -0.4 is 16.0 Å². The Morgan fingerprint density at radius 1 is 1.08 bits per heavy atom. The molecule has 1 aromatic rings. The maximum atomic E-state index is 12.4. The van der Waals surface area contributed by atoms with Crippen LogP contribution in [0.5, 0.6) is 5.88 Å². The first-order valence-electron chi connectivity index (χ1n) is 8.44. The lowest BCUT2D eigenvalue weighted by molar-refractivity contribution is -0.0298. The molecule has 10 heteroatoms. The highest BCUT2D eigenvalue weighted by Crippen LogP contribution is 2.39. The van der Waals surface area contributed by atoms with E-state index in [1.807, 2.05) is 0 Å². The Labute approximate surface area is 148 Å². The van der Waals surface area contributed by atoms with Gasteiger partial charge in [-0.25, -0.2) is 9.36 Å². The van der Waals surface area contributed by atoms with E-state index in [-0.39, 0.29) is 24.7 Å². The van der Waals surface area contributed by atoms with E-state index >= 15 is 0 Å². The molecule has 3 heterocycles.